The van der Waals surface area contributed by atoms with Crippen LogP contribution in [0.2, 0.25) is 0 Å². The highest BCUT2D eigenvalue weighted by Gasteiger charge is 2.57. The lowest BCUT2D eigenvalue weighted by molar-refractivity contribution is -0.173. The Morgan fingerprint density at radius 3 is 2.18 bits per heavy atom. The lowest BCUT2D eigenvalue weighted by Gasteiger charge is -2.39. The van der Waals surface area contributed by atoms with Crippen molar-refractivity contribution in [1.82, 2.24) is 0 Å². The van der Waals surface area contributed by atoms with Crippen molar-refractivity contribution < 1.29 is 23.9 Å². The van der Waals surface area contributed by atoms with E-state index in [1.54, 1.807) is 57.2 Å². The van der Waals surface area contributed by atoms with Crippen LogP contribution in [0.15, 0.2) is 83.3 Å². The molecular weight excluding hydrogens is 496 g/mol. The molecule has 0 spiro atoms. The number of benzene rings is 3. The van der Waals surface area contributed by atoms with Crippen LogP contribution in [0.1, 0.15) is 65.0 Å². The van der Waals surface area contributed by atoms with Gasteiger partial charge in [0.1, 0.15) is 5.60 Å². The Morgan fingerprint density at radius 1 is 0.912 bits per heavy atom. The van der Waals surface area contributed by atoms with E-state index in [1.165, 1.54) is 0 Å². The molecule has 0 amide bonds. The third-order valence-corrected chi connectivity index (χ3v) is 6.25. The Hall–Kier alpha value is -3.25. The summed E-state index contributed by atoms with van der Waals surface area (Å²) in [5, 5.41) is 0. The van der Waals surface area contributed by atoms with Gasteiger partial charge < -0.3 is 9.47 Å². The first-order valence-corrected chi connectivity index (χ1v) is 11.8. The minimum absolute atomic E-state index is 0.0515. The molecular formula is C28H25BrO5. The molecule has 0 saturated heterocycles. The number of Topliss-reactive ketones (excluding diaryl/α,β-unsaturated/α-hetero) is 1. The van der Waals surface area contributed by atoms with Crippen LogP contribution in [0, 0.1) is 0 Å². The zero-order chi connectivity index (χ0) is 24.5. The van der Waals surface area contributed by atoms with Crippen molar-refractivity contribution in [1.29, 1.82) is 0 Å². The van der Waals surface area contributed by atoms with Gasteiger partial charge in [-0.3, -0.25) is 4.79 Å². The van der Waals surface area contributed by atoms with Crippen molar-refractivity contribution >= 4 is 33.7 Å². The van der Waals surface area contributed by atoms with Crippen LogP contribution >= 0.6 is 15.9 Å². The summed E-state index contributed by atoms with van der Waals surface area (Å²) in [6.45, 7) is 5.14. The summed E-state index contributed by atoms with van der Waals surface area (Å²) in [5.41, 5.74) is -0.723. The molecule has 6 heteroatoms. The smallest absolute Gasteiger partial charge is 0.359 e. The molecule has 0 radical (unpaired) electrons. The van der Waals surface area contributed by atoms with Crippen LogP contribution in [0.5, 0.6) is 0 Å². The van der Waals surface area contributed by atoms with Gasteiger partial charge in [-0.15, -0.1) is 0 Å². The topological polar surface area (TPSA) is 69.7 Å². The van der Waals surface area contributed by atoms with E-state index in [4.69, 9.17) is 9.47 Å². The van der Waals surface area contributed by atoms with Crippen LogP contribution in [0.4, 0.5) is 0 Å². The van der Waals surface area contributed by atoms with E-state index in [0.717, 1.165) is 15.6 Å². The molecule has 0 saturated carbocycles. The fourth-order valence-electron chi connectivity index (χ4n) is 4.17. The SMILES string of the molecule is CC(C)(C)OC(=O)[C@]1(OC(=O)c2ccc(Br)cc2)C[C@H](c2ccccc2)c2ccccc2C1=O. The van der Waals surface area contributed by atoms with Crippen LogP contribution in [-0.2, 0) is 14.3 Å². The lowest BCUT2D eigenvalue weighted by Crippen LogP contribution is -2.56. The Kier molecular flexibility index (Phi) is 6.45. The highest BCUT2D eigenvalue weighted by atomic mass is 79.9. The molecule has 3 aromatic carbocycles. The number of halogens is 1. The maximum atomic E-state index is 13.9. The van der Waals surface area contributed by atoms with Gasteiger partial charge in [-0.2, -0.15) is 0 Å². The molecule has 0 aliphatic heterocycles. The normalized spacial score (nSPS) is 19.8. The Balaban J connectivity index is 1.85. The molecule has 0 aromatic heterocycles. The van der Waals surface area contributed by atoms with Gasteiger partial charge in [-0.1, -0.05) is 70.5 Å². The van der Waals surface area contributed by atoms with E-state index in [2.05, 4.69) is 15.9 Å². The van der Waals surface area contributed by atoms with Gasteiger partial charge >= 0.3 is 11.9 Å². The third-order valence-electron chi connectivity index (χ3n) is 5.72. The lowest BCUT2D eigenvalue weighted by atomic mass is 9.70. The van der Waals surface area contributed by atoms with Crippen LogP contribution in [0.3, 0.4) is 0 Å². The number of rotatable bonds is 4. The van der Waals surface area contributed by atoms with Gasteiger partial charge in [-0.25, -0.2) is 9.59 Å². The molecule has 3 aromatic rings. The number of ether oxygens (including phenoxy) is 2. The first kappa shape index (κ1) is 23.9. The molecule has 0 heterocycles. The maximum Gasteiger partial charge on any atom is 0.359 e. The van der Waals surface area contributed by atoms with Gasteiger partial charge in [-0.05, 0) is 56.2 Å². The van der Waals surface area contributed by atoms with Crippen molar-refractivity contribution in [2.45, 2.75) is 44.3 Å². The largest absolute Gasteiger partial charge is 0.457 e. The highest BCUT2D eigenvalue weighted by molar-refractivity contribution is 9.10. The van der Waals surface area contributed by atoms with Crippen molar-refractivity contribution in [2.24, 2.45) is 0 Å². The molecule has 1 aliphatic rings. The first-order valence-electron chi connectivity index (χ1n) is 11.0. The molecule has 1 aliphatic carbocycles. The number of fused-ring (bicyclic) bond motifs is 1. The molecule has 2 atom stereocenters. The van der Waals surface area contributed by atoms with E-state index in [1.807, 2.05) is 42.5 Å². The summed E-state index contributed by atoms with van der Waals surface area (Å²) < 4.78 is 12.3. The van der Waals surface area contributed by atoms with E-state index < -0.39 is 28.9 Å². The second-order valence-electron chi connectivity index (χ2n) is 9.31. The summed E-state index contributed by atoms with van der Waals surface area (Å²) in [6, 6.07) is 23.3. The van der Waals surface area contributed by atoms with E-state index in [9.17, 15) is 14.4 Å². The zero-order valence-electron chi connectivity index (χ0n) is 19.2. The van der Waals surface area contributed by atoms with Gasteiger partial charge in [0.2, 0.25) is 5.78 Å². The minimum Gasteiger partial charge on any atom is -0.457 e. The van der Waals surface area contributed by atoms with Crippen LogP contribution < -0.4 is 0 Å². The van der Waals surface area contributed by atoms with Gasteiger partial charge in [0.25, 0.3) is 5.60 Å². The van der Waals surface area contributed by atoms with Crippen LogP contribution in [-0.4, -0.2) is 28.9 Å². The van der Waals surface area contributed by atoms with E-state index >= 15 is 0 Å². The molecule has 0 fully saturated rings. The quantitative estimate of drug-likeness (QED) is 0.306. The number of carbonyl (C=O) groups is 3. The second-order valence-corrected chi connectivity index (χ2v) is 10.2. The average molecular weight is 521 g/mol. The maximum absolute atomic E-state index is 13.9. The minimum atomic E-state index is -2.12. The molecule has 0 unspecified atom stereocenters. The fraction of sp³-hybridized carbons (Fsp3) is 0.250. The molecule has 0 N–H and O–H groups in total. The number of hydrogen-bond acceptors (Lipinski definition) is 5. The summed E-state index contributed by atoms with van der Waals surface area (Å²) in [4.78, 5) is 40.7. The standard InChI is InChI=1S/C28H25BrO5/c1-27(2,3)34-26(32)28(33-25(31)19-13-15-20(29)16-14-19)17-23(18-9-5-4-6-10-18)21-11-7-8-12-22(21)24(28)30/h4-16,23H,17H2,1-3H3/t23-,28+/m1/s1. The van der Waals surface area contributed by atoms with E-state index in [-0.39, 0.29) is 17.9 Å². The van der Waals surface area contributed by atoms with Gasteiger partial charge in [0.15, 0.2) is 0 Å². The van der Waals surface area contributed by atoms with Crippen molar-refractivity contribution in [2.75, 3.05) is 0 Å². The second kappa shape index (κ2) is 9.18. The predicted molar refractivity (Wildman–Crippen MR) is 132 cm³/mol. The molecule has 34 heavy (non-hydrogen) atoms. The first-order chi connectivity index (χ1) is 16.1. The van der Waals surface area contributed by atoms with Crippen LogP contribution in [0.25, 0.3) is 0 Å². The summed E-state index contributed by atoms with van der Waals surface area (Å²) in [5.74, 6) is -2.56. The van der Waals surface area contributed by atoms with Gasteiger partial charge in [0, 0.05) is 22.4 Å². The molecule has 5 nitrogen and oxygen atoms in total. The van der Waals surface area contributed by atoms with Crippen molar-refractivity contribution in [3.8, 4) is 0 Å². The Bertz CT molecular complexity index is 1230. The molecule has 0 bridgehead atoms. The fourth-order valence-corrected chi connectivity index (χ4v) is 4.43. The summed E-state index contributed by atoms with van der Waals surface area (Å²) >= 11 is 3.34. The Labute approximate surface area is 207 Å². The molecule has 174 valence electrons. The third kappa shape index (κ3) is 4.68. The van der Waals surface area contributed by atoms with Crippen molar-refractivity contribution in [3.05, 3.63) is 106 Å². The summed E-state index contributed by atoms with van der Waals surface area (Å²) in [7, 11) is 0. The van der Waals surface area contributed by atoms with E-state index in [0.29, 0.717) is 5.56 Å². The number of hydrogen-bond donors (Lipinski definition) is 0. The Morgan fingerprint density at radius 2 is 1.53 bits per heavy atom. The predicted octanol–water partition coefficient (Wildman–Crippen LogP) is 6.10. The average Bonchev–Trinajstić information content (AvgIpc) is 2.81. The number of esters is 2. The van der Waals surface area contributed by atoms with Crippen molar-refractivity contribution in [3.63, 3.8) is 0 Å². The zero-order valence-corrected chi connectivity index (χ0v) is 20.8. The number of ketones is 1. The number of carbonyl (C=O) groups excluding carboxylic acids is 3. The van der Waals surface area contributed by atoms with Gasteiger partial charge in [0.05, 0.1) is 5.56 Å². The monoisotopic (exact) mass is 520 g/mol. The summed E-state index contributed by atoms with van der Waals surface area (Å²) in [6.07, 6.45) is -0.0515. The molecule has 4 rings (SSSR count). The highest BCUT2D eigenvalue weighted by Crippen LogP contribution is 2.44.